The van der Waals surface area contributed by atoms with E-state index in [1.165, 1.54) is 14.2 Å². The number of hydrogen-bond donors (Lipinski definition) is 0. The van der Waals surface area contributed by atoms with E-state index in [0.717, 1.165) is 0 Å². The Labute approximate surface area is 146 Å². The Hall–Kier alpha value is -1.58. The standard InChI is InChI=1S/C18H30O5Si/c1-9-12-18(15(19)21-5,16(20)22-6)13-10-11-14-23-24(7,8)17(2,3)4/h1,10-11H,12-14H2,2-8H3/b11-10+. The van der Waals surface area contributed by atoms with Gasteiger partial charge in [0.15, 0.2) is 13.7 Å². The van der Waals surface area contributed by atoms with Gasteiger partial charge in [0.2, 0.25) is 0 Å². The Kier molecular flexibility index (Phi) is 8.45. The van der Waals surface area contributed by atoms with Gasteiger partial charge in [0.05, 0.1) is 20.8 Å². The SMILES string of the molecule is C#CCC(C/C=C/CO[Si](C)(C)C(C)(C)C)(C(=O)OC)C(=O)OC. The first kappa shape index (κ1) is 22.4. The van der Waals surface area contributed by atoms with Crippen molar-refractivity contribution in [2.75, 3.05) is 20.8 Å². The van der Waals surface area contributed by atoms with E-state index in [-0.39, 0.29) is 17.9 Å². The molecule has 0 fully saturated rings. The molecule has 136 valence electrons. The summed E-state index contributed by atoms with van der Waals surface area (Å²) in [4.78, 5) is 24.2. The summed E-state index contributed by atoms with van der Waals surface area (Å²) in [5.74, 6) is 0.979. The molecular weight excluding hydrogens is 324 g/mol. The van der Waals surface area contributed by atoms with Crippen LogP contribution in [-0.4, -0.2) is 41.1 Å². The molecule has 0 aromatic rings. The molecule has 0 aliphatic heterocycles. The molecule has 0 rings (SSSR count). The van der Waals surface area contributed by atoms with Gasteiger partial charge in [-0.25, -0.2) is 0 Å². The molecule has 0 saturated carbocycles. The van der Waals surface area contributed by atoms with Gasteiger partial charge in [0.1, 0.15) is 0 Å². The average molecular weight is 355 g/mol. The first-order chi connectivity index (χ1) is 11.0. The van der Waals surface area contributed by atoms with E-state index >= 15 is 0 Å². The second kappa shape index (κ2) is 9.05. The Morgan fingerprint density at radius 2 is 1.58 bits per heavy atom. The molecule has 6 heteroatoms. The lowest BCUT2D eigenvalue weighted by atomic mass is 9.81. The van der Waals surface area contributed by atoms with Gasteiger partial charge in [-0.1, -0.05) is 32.9 Å². The first-order valence-electron chi connectivity index (χ1n) is 7.87. The largest absolute Gasteiger partial charge is 0.468 e. The maximum atomic E-state index is 12.1. The van der Waals surface area contributed by atoms with Gasteiger partial charge >= 0.3 is 11.9 Å². The third-order valence-corrected chi connectivity index (χ3v) is 9.04. The highest BCUT2D eigenvalue weighted by molar-refractivity contribution is 6.74. The molecule has 0 heterocycles. The molecular formula is C18H30O5Si. The van der Waals surface area contributed by atoms with Crippen molar-refractivity contribution in [3.63, 3.8) is 0 Å². The quantitative estimate of drug-likeness (QED) is 0.220. The first-order valence-corrected chi connectivity index (χ1v) is 10.8. The second-order valence-corrected chi connectivity index (χ2v) is 12.0. The maximum absolute atomic E-state index is 12.1. The van der Waals surface area contributed by atoms with E-state index in [9.17, 15) is 9.59 Å². The fourth-order valence-electron chi connectivity index (χ4n) is 1.86. The van der Waals surface area contributed by atoms with Crippen LogP contribution in [0.2, 0.25) is 18.1 Å². The molecule has 0 aromatic carbocycles. The van der Waals surface area contributed by atoms with Crippen LogP contribution in [0.4, 0.5) is 0 Å². The zero-order valence-corrected chi connectivity index (χ0v) is 16.9. The predicted molar refractivity (Wildman–Crippen MR) is 96.8 cm³/mol. The minimum atomic E-state index is -1.84. The molecule has 24 heavy (non-hydrogen) atoms. The highest BCUT2D eigenvalue weighted by atomic mass is 28.4. The number of allylic oxidation sites excluding steroid dienone is 1. The normalized spacial score (nSPS) is 12.8. The molecule has 0 atom stereocenters. The zero-order chi connectivity index (χ0) is 19.0. The van der Waals surface area contributed by atoms with Gasteiger partial charge in [0.25, 0.3) is 0 Å². The van der Waals surface area contributed by atoms with E-state index < -0.39 is 25.7 Å². The summed E-state index contributed by atoms with van der Waals surface area (Å²) in [5, 5.41) is 0.117. The van der Waals surface area contributed by atoms with Crippen molar-refractivity contribution in [2.24, 2.45) is 5.41 Å². The fraction of sp³-hybridized carbons (Fsp3) is 0.667. The molecule has 5 nitrogen and oxygen atoms in total. The Balaban J connectivity index is 5.06. The predicted octanol–water partition coefficient (Wildman–Crippen LogP) is 3.31. The van der Waals surface area contributed by atoms with Gasteiger partial charge in [-0.3, -0.25) is 9.59 Å². The minimum absolute atomic E-state index is 0.0836. The summed E-state index contributed by atoms with van der Waals surface area (Å²) in [7, 11) is 0.606. The molecule has 0 aliphatic carbocycles. The lowest BCUT2D eigenvalue weighted by Crippen LogP contribution is -2.41. The number of carbonyl (C=O) groups is 2. The molecule has 0 amide bonds. The Morgan fingerprint density at radius 3 is 1.96 bits per heavy atom. The Bertz CT molecular complexity index is 492. The average Bonchev–Trinajstić information content (AvgIpc) is 2.50. The van der Waals surface area contributed by atoms with Gasteiger partial charge in [0, 0.05) is 6.42 Å². The highest BCUT2D eigenvalue weighted by Gasteiger charge is 2.47. The minimum Gasteiger partial charge on any atom is -0.468 e. The monoisotopic (exact) mass is 354 g/mol. The Morgan fingerprint density at radius 1 is 1.08 bits per heavy atom. The van der Waals surface area contributed by atoms with E-state index in [0.29, 0.717) is 6.61 Å². The number of hydrogen-bond acceptors (Lipinski definition) is 5. The molecule has 0 radical (unpaired) electrons. The topological polar surface area (TPSA) is 61.8 Å². The van der Waals surface area contributed by atoms with Gasteiger partial charge in [-0.15, -0.1) is 12.3 Å². The lowest BCUT2D eigenvalue weighted by molar-refractivity contribution is -0.168. The van der Waals surface area contributed by atoms with Crippen LogP contribution in [0.25, 0.3) is 0 Å². The molecule has 0 unspecified atom stereocenters. The van der Waals surface area contributed by atoms with Crippen LogP contribution in [0.15, 0.2) is 12.2 Å². The van der Waals surface area contributed by atoms with Crippen molar-refractivity contribution < 1.29 is 23.5 Å². The number of terminal acetylenes is 1. The number of rotatable bonds is 8. The summed E-state index contributed by atoms with van der Waals surface area (Å²) in [6, 6.07) is 0. The van der Waals surface area contributed by atoms with Crippen molar-refractivity contribution in [3.8, 4) is 12.3 Å². The van der Waals surface area contributed by atoms with Gasteiger partial charge in [-0.2, -0.15) is 0 Å². The van der Waals surface area contributed by atoms with Crippen molar-refractivity contribution in [3.05, 3.63) is 12.2 Å². The molecule has 0 bridgehead atoms. The van der Waals surface area contributed by atoms with Crippen molar-refractivity contribution in [1.29, 1.82) is 0 Å². The zero-order valence-electron chi connectivity index (χ0n) is 15.9. The van der Waals surface area contributed by atoms with E-state index in [4.69, 9.17) is 20.3 Å². The highest BCUT2D eigenvalue weighted by Crippen LogP contribution is 2.36. The van der Waals surface area contributed by atoms with E-state index in [1.54, 1.807) is 12.2 Å². The summed E-state index contributed by atoms with van der Waals surface area (Å²) in [6.07, 6.45) is 8.87. The molecule has 0 N–H and O–H groups in total. The molecule has 0 saturated heterocycles. The van der Waals surface area contributed by atoms with Crippen LogP contribution >= 0.6 is 0 Å². The fourth-order valence-corrected chi connectivity index (χ4v) is 2.80. The molecule has 0 aromatic heterocycles. The number of methoxy groups -OCH3 is 2. The molecule has 0 spiro atoms. The van der Waals surface area contributed by atoms with Crippen LogP contribution in [0.3, 0.4) is 0 Å². The van der Waals surface area contributed by atoms with E-state index in [2.05, 4.69) is 39.8 Å². The molecule has 0 aliphatic rings. The number of esters is 2. The van der Waals surface area contributed by atoms with Crippen molar-refractivity contribution in [2.45, 2.75) is 51.7 Å². The second-order valence-electron chi connectivity index (χ2n) is 7.19. The van der Waals surface area contributed by atoms with Crippen LogP contribution in [0.1, 0.15) is 33.6 Å². The number of ether oxygens (including phenoxy) is 2. The van der Waals surface area contributed by atoms with Crippen LogP contribution in [-0.2, 0) is 23.5 Å². The third-order valence-electron chi connectivity index (χ3n) is 4.54. The van der Waals surface area contributed by atoms with Crippen LogP contribution < -0.4 is 0 Å². The smallest absolute Gasteiger partial charge is 0.324 e. The summed E-state index contributed by atoms with van der Waals surface area (Å²) >= 11 is 0. The third kappa shape index (κ3) is 5.50. The summed E-state index contributed by atoms with van der Waals surface area (Å²) in [5.41, 5.74) is -1.51. The van der Waals surface area contributed by atoms with Crippen LogP contribution in [0.5, 0.6) is 0 Å². The van der Waals surface area contributed by atoms with Crippen molar-refractivity contribution in [1.82, 2.24) is 0 Å². The van der Waals surface area contributed by atoms with Crippen molar-refractivity contribution >= 4 is 20.3 Å². The van der Waals surface area contributed by atoms with Gasteiger partial charge < -0.3 is 13.9 Å². The van der Waals surface area contributed by atoms with Gasteiger partial charge in [-0.05, 0) is 24.6 Å². The van der Waals surface area contributed by atoms with E-state index in [1.807, 2.05) is 0 Å². The lowest BCUT2D eigenvalue weighted by Gasteiger charge is -2.35. The maximum Gasteiger partial charge on any atom is 0.324 e. The summed E-state index contributed by atoms with van der Waals surface area (Å²) < 4.78 is 15.5. The number of carbonyl (C=O) groups excluding carboxylic acids is 2. The van der Waals surface area contributed by atoms with Crippen LogP contribution in [0, 0.1) is 17.8 Å². The summed E-state index contributed by atoms with van der Waals surface area (Å²) in [6.45, 7) is 11.2.